The van der Waals surface area contributed by atoms with Gasteiger partial charge in [-0.25, -0.2) is 4.98 Å². The van der Waals surface area contributed by atoms with E-state index in [0.29, 0.717) is 23.3 Å². The number of piperazine rings is 1. The van der Waals surface area contributed by atoms with Crippen LogP contribution in [0.2, 0.25) is 0 Å². The maximum Gasteiger partial charge on any atom is 0.390 e. The molecule has 7 heteroatoms. The third-order valence-electron chi connectivity index (χ3n) is 3.15. The van der Waals surface area contributed by atoms with Gasteiger partial charge < -0.3 is 5.32 Å². The lowest BCUT2D eigenvalue weighted by molar-refractivity contribution is -0.148. The van der Waals surface area contributed by atoms with Crippen molar-refractivity contribution in [2.45, 2.75) is 18.6 Å². The van der Waals surface area contributed by atoms with Crippen LogP contribution in [-0.2, 0) is 0 Å². The van der Waals surface area contributed by atoms with Crippen LogP contribution >= 0.6 is 15.9 Å². The quantitative estimate of drug-likeness (QED) is 0.859. The second kappa shape index (κ2) is 6.19. The molecule has 0 amide bonds. The Labute approximate surface area is 118 Å². The van der Waals surface area contributed by atoms with E-state index in [1.807, 2.05) is 4.90 Å². The van der Waals surface area contributed by atoms with Crippen molar-refractivity contribution < 1.29 is 13.2 Å². The molecule has 0 aromatic carbocycles. The molecule has 2 heterocycles. The molecule has 3 nitrogen and oxygen atoms in total. The number of hydrogen-bond donors (Lipinski definition) is 1. The molecule has 1 saturated heterocycles. The van der Waals surface area contributed by atoms with Gasteiger partial charge in [-0.2, -0.15) is 13.2 Å². The summed E-state index contributed by atoms with van der Waals surface area (Å²) < 4.78 is 38.9. The van der Waals surface area contributed by atoms with Crippen molar-refractivity contribution in [2.75, 3.05) is 26.2 Å². The van der Waals surface area contributed by atoms with Crippen LogP contribution in [0.5, 0.6) is 0 Å². The van der Waals surface area contributed by atoms with Crippen LogP contribution < -0.4 is 5.32 Å². The van der Waals surface area contributed by atoms with Crippen molar-refractivity contribution in [3.8, 4) is 0 Å². The van der Waals surface area contributed by atoms with Crippen LogP contribution in [0.15, 0.2) is 22.9 Å². The monoisotopic (exact) mass is 337 g/mol. The SMILES string of the molecule is FC(F)(F)C[C@H](c1ccnc(Br)c1)N1CCNCC1. The van der Waals surface area contributed by atoms with E-state index in [9.17, 15) is 13.2 Å². The highest BCUT2D eigenvalue weighted by Gasteiger charge is 2.36. The summed E-state index contributed by atoms with van der Waals surface area (Å²) in [4.78, 5) is 5.85. The highest BCUT2D eigenvalue weighted by molar-refractivity contribution is 9.10. The first-order valence-corrected chi connectivity index (χ1v) is 6.88. The third-order valence-corrected chi connectivity index (χ3v) is 3.59. The van der Waals surface area contributed by atoms with Crippen molar-refractivity contribution in [3.05, 3.63) is 28.5 Å². The minimum absolute atomic E-state index is 0.562. The fourth-order valence-electron chi connectivity index (χ4n) is 2.30. The van der Waals surface area contributed by atoms with Gasteiger partial charge in [-0.1, -0.05) is 0 Å². The molecule has 1 aromatic heterocycles. The maximum absolute atomic E-state index is 12.8. The predicted molar refractivity (Wildman–Crippen MR) is 69.8 cm³/mol. The van der Waals surface area contributed by atoms with E-state index in [0.717, 1.165) is 13.1 Å². The average Bonchev–Trinajstić information content (AvgIpc) is 2.36. The number of rotatable bonds is 3. The molecule has 0 unspecified atom stereocenters. The number of nitrogens with zero attached hydrogens (tertiary/aromatic N) is 2. The van der Waals surface area contributed by atoms with E-state index < -0.39 is 18.6 Å². The summed E-state index contributed by atoms with van der Waals surface area (Å²) in [7, 11) is 0. The maximum atomic E-state index is 12.8. The van der Waals surface area contributed by atoms with Crippen molar-refractivity contribution in [1.82, 2.24) is 15.2 Å². The van der Waals surface area contributed by atoms with Gasteiger partial charge in [0.2, 0.25) is 0 Å². The summed E-state index contributed by atoms with van der Waals surface area (Å²) in [5.41, 5.74) is 0.654. The lowest BCUT2D eigenvalue weighted by atomic mass is 10.0. The summed E-state index contributed by atoms with van der Waals surface area (Å²) in [6.07, 6.45) is -3.47. The number of halogens is 4. The summed E-state index contributed by atoms with van der Waals surface area (Å²) in [6.45, 7) is 2.70. The highest BCUT2D eigenvalue weighted by atomic mass is 79.9. The smallest absolute Gasteiger partial charge is 0.314 e. The Hall–Kier alpha value is -0.660. The Morgan fingerprint density at radius 2 is 2.05 bits per heavy atom. The fourth-order valence-corrected chi connectivity index (χ4v) is 2.68. The Morgan fingerprint density at radius 3 is 2.63 bits per heavy atom. The number of aromatic nitrogens is 1. The number of pyridine rings is 1. The molecule has 19 heavy (non-hydrogen) atoms. The van der Waals surface area contributed by atoms with Crippen molar-refractivity contribution >= 4 is 15.9 Å². The standard InChI is InChI=1S/C12H15BrF3N3/c13-11-7-9(1-2-18-11)10(8-12(14,15)16)19-5-3-17-4-6-19/h1-2,7,10,17H,3-6,8H2/t10-/m1/s1. The average molecular weight is 338 g/mol. The summed E-state index contributed by atoms with van der Waals surface area (Å²) in [6, 6.07) is 2.68. The molecule has 1 N–H and O–H groups in total. The first-order valence-electron chi connectivity index (χ1n) is 6.09. The van der Waals surface area contributed by atoms with Gasteiger partial charge in [0.25, 0.3) is 0 Å². The fraction of sp³-hybridized carbons (Fsp3) is 0.583. The lowest BCUT2D eigenvalue weighted by Crippen LogP contribution is -2.46. The molecule has 0 radical (unpaired) electrons. The van der Waals surface area contributed by atoms with E-state index in [4.69, 9.17) is 0 Å². The molecule has 2 rings (SSSR count). The minimum atomic E-state index is -4.18. The molecule has 0 saturated carbocycles. The van der Waals surface area contributed by atoms with Gasteiger partial charge in [-0.05, 0) is 33.6 Å². The minimum Gasteiger partial charge on any atom is -0.314 e. The van der Waals surface area contributed by atoms with Gasteiger partial charge in [0.05, 0.1) is 6.42 Å². The molecule has 1 aliphatic heterocycles. The van der Waals surface area contributed by atoms with Gasteiger partial charge in [0, 0.05) is 38.4 Å². The lowest BCUT2D eigenvalue weighted by Gasteiger charge is -2.35. The van der Waals surface area contributed by atoms with Crippen LogP contribution in [0.25, 0.3) is 0 Å². The molecule has 1 aliphatic rings. The van der Waals surface area contributed by atoms with E-state index in [1.165, 1.54) is 6.20 Å². The van der Waals surface area contributed by atoms with Crippen LogP contribution in [0.1, 0.15) is 18.0 Å². The molecule has 106 valence electrons. The van der Waals surface area contributed by atoms with Crippen molar-refractivity contribution in [1.29, 1.82) is 0 Å². The second-order valence-electron chi connectivity index (χ2n) is 4.53. The predicted octanol–water partition coefficient (Wildman–Crippen LogP) is 2.74. The Morgan fingerprint density at radius 1 is 1.37 bits per heavy atom. The Balaban J connectivity index is 2.22. The van der Waals surface area contributed by atoms with Gasteiger partial charge in [-0.15, -0.1) is 0 Å². The van der Waals surface area contributed by atoms with Gasteiger partial charge in [0.1, 0.15) is 4.60 Å². The highest BCUT2D eigenvalue weighted by Crippen LogP contribution is 2.34. The van der Waals surface area contributed by atoms with Gasteiger partial charge in [0.15, 0.2) is 0 Å². The molecular formula is C12H15BrF3N3. The summed E-state index contributed by atoms with van der Waals surface area (Å²) >= 11 is 3.21. The molecule has 1 atom stereocenters. The molecule has 0 aliphatic carbocycles. The van der Waals surface area contributed by atoms with Crippen LogP contribution in [0.3, 0.4) is 0 Å². The van der Waals surface area contributed by atoms with Gasteiger partial charge in [-0.3, -0.25) is 4.90 Å². The van der Waals surface area contributed by atoms with Crippen molar-refractivity contribution in [2.24, 2.45) is 0 Å². The first-order chi connectivity index (χ1) is 8.96. The zero-order valence-corrected chi connectivity index (χ0v) is 11.8. The zero-order chi connectivity index (χ0) is 13.9. The van der Waals surface area contributed by atoms with Crippen molar-refractivity contribution in [3.63, 3.8) is 0 Å². The topological polar surface area (TPSA) is 28.2 Å². The van der Waals surface area contributed by atoms with E-state index in [2.05, 4.69) is 26.2 Å². The zero-order valence-electron chi connectivity index (χ0n) is 10.3. The van der Waals surface area contributed by atoms with Crippen LogP contribution in [0.4, 0.5) is 13.2 Å². The van der Waals surface area contributed by atoms with Crippen LogP contribution in [-0.4, -0.2) is 42.2 Å². The van der Waals surface area contributed by atoms with E-state index >= 15 is 0 Å². The summed E-state index contributed by atoms with van der Waals surface area (Å²) in [5, 5.41) is 3.15. The Bertz CT molecular complexity index is 419. The molecule has 0 spiro atoms. The first kappa shape index (κ1) is 14.7. The second-order valence-corrected chi connectivity index (χ2v) is 5.35. The number of hydrogen-bond acceptors (Lipinski definition) is 3. The number of alkyl halides is 3. The normalized spacial score (nSPS) is 19.4. The third kappa shape index (κ3) is 4.43. The molecule has 0 bridgehead atoms. The van der Waals surface area contributed by atoms with E-state index in [-0.39, 0.29) is 0 Å². The Kier molecular flexibility index (Phi) is 4.81. The summed E-state index contributed by atoms with van der Waals surface area (Å²) in [5.74, 6) is 0. The van der Waals surface area contributed by atoms with Gasteiger partial charge >= 0.3 is 6.18 Å². The number of nitrogens with one attached hydrogen (secondary N) is 1. The molecule has 1 aromatic rings. The molecule has 1 fully saturated rings. The largest absolute Gasteiger partial charge is 0.390 e. The molecular weight excluding hydrogens is 323 g/mol. The van der Waals surface area contributed by atoms with E-state index in [1.54, 1.807) is 12.1 Å². The van der Waals surface area contributed by atoms with Crippen LogP contribution in [0, 0.1) is 0 Å².